The molecule has 0 aromatic heterocycles. The van der Waals surface area contributed by atoms with Crippen LogP contribution in [-0.2, 0) is 4.79 Å². The Balaban J connectivity index is 4.24. The summed E-state index contributed by atoms with van der Waals surface area (Å²) in [6, 6.07) is 0. The normalized spacial score (nSPS) is 15.9. The molecule has 0 aliphatic heterocycles. The molecule has 4 atom stereocenters. The highest BCUT2D eigenvalue weighted by atomic mass is 16.1. The fraction of sp³-hybridized carbons (Fsp3) is 0.963. The molecule has 0 aromatic carbocycles. The lowest BCUT2D eigenvalue weighted by Crippen LogP contribution is -2.12. The van der Waals surface area contributed by atoms with E-state index in [4.69, 9.17) is 0 Å². The van der Waals surface area contributed by atoms with Crippen molar-refractivity contribution in [2.75, 3.05) is 0 Å². The second kappa shape index (κ2) is 18.7. The molecular formula is C27H54O. The van der Waals surface area contributed by atoms with Crippen molar-refractivity contribution in [1.82, 2.24) is 0 Å². The van der Waals surface area contributed by atoms with E-state index in [1.165, 1.54) is 77.0 Å². The molecule has 28 heavy (non-hydrogen) atoms. The van der Waals surface area contributed by atoms with Crippen molar-refractivity contribution in [2.45, 2.75) is 144 Å². The van der Waals surface area contributed by atoms with Crippen LogP contribution >= 0.6 is 0 Å². The van der Waals surface area contributed by atoms with Crippen molar-refractivity contribution < 1.29 is 4.79 Å². The van der Waals surface area contributed by atoms with E-state index in [1.54, 1.807) is 0 Å². The van der Waals surface area contributed by atoms with Crippen LogP contribution < -0.4 is 0 Å². The molecule has 0 spiro atoms. The number of ketones is 1. The van der Waals surface area contributed by atoms with Crippen molar-refractivity contribution in [3.05, 3.63) is 0 Å². The van der Waals surface area contributed by atoms with Crippen LogP contribution in [0.15, 0.2) is 0 Å². The molecule has 0 N–H and O–H groups in total. The van der Waals surface area contributed by atoms with E-state index in [1.807, 2.05) is 0 Å². The summed E-state index contributed by atoms with van der Waals surface area (Å²) in [4.78, 5) is 12.5. The maximum absolute atomic E-state index is 12.5. The van der Waals surface area contributed by atoms with Crippen LogP contribution in [0.5, 0.6) is 0 Å². The number of Topliss-reactive ketones (excluding diaryl/α,β-unsaturated/α-hetero) is 1. The van der Waals surface area contributed by atoms with Crippen LogP contribution in [0.4, 0.5) is 0 Å². The van der Waals surface area contributed by atoms with Gasteiger partial charge in [0.1, 0.15) is 5.78 Å². The predicted octanol–water partition coefficient (Wildman–Crippen LogP) is 9.38. The van der Waals surface area contributed by atoms with Crippen LogP contribution in [-0.4, -0.2) is 5.78 Å². The zero-order valence-electron chi connectivity index (χ0n) is 20.5. The molecule has 4 unspecified atom stereocenters. The lowest BCUT2D eigenvalue weighted by molar-refractivity contribution is -0.119. The summed E-state index contributed by atoms with van der Waals surface area (Å²) in [5.41, 5.74) is 0. The number of hydrogen-bond acceptors (Lipinski definition) is 1. The number of carbonyl (C=O) groups excluding carboxylic acids is 1. The van der Waals surface area contributed by atoms with E-state index in [2.05, 4.69) is 41.5 Å². The minimum absolute atomic E-state index is 0.528. The summed E-state index contributed by atoms with van der Waals surface area (Å²) in [7, 11) is 0. The average Bonchev–Trinajstić information content (AvgIpc) is 2.72. The molecule has 0 heterocycles. The van der Waals surface area contributed by atoms with E-state index in [9.17, 15) is 4.79 Å². The Morgan fingerprint density at radius 1 is 0.536 bits per heavy atom. The first-order valence-electron chi connectivity index (χ1n) is 13.1. The molecule has 168 valence electrons. The fourth-order valence-corrected chi connectivity index (χ4v) is 4.74. The van der Waals surface area contributed by atoms with E-state index in [0.717, 1.165) is 49.4 Å². The highest BCUT2D eigenvalue weighted by Gasteiger charge is 2.17. The summed E-state index contributed by atoms with van der Waals surface area (Å²) < 4.78 is 0. The van der Waals surface area contributed by atoms with Crippen molar-refractivity contribution in [1.29, 1.82) is 0 Å². The second-order valence-corrected chi connectivity index (χ2v) is 9.47. The average molecular weight is 395 g/mol. The smallest absolute Gasteiger partial charge is 0.132 e. The molecule has 0 saturated carbocycles. The van der Waals surface area contributed by atoms with E-state index < -0.39 is 0 Å². The summed E-state index contributed by atoms with van der Waals surface area (Å²) >= 11 is 0. The molecule has 0 bridgehead atoms. The van der Waals surface area contributed by atoms with Crippen LogP contribution in [0, 0.1) is 23.7 Å². The second-order valence-electron chi connectivity index (χ2n) is 9.47. The fourth-order valence-electron chi connectivity index (χ4n) is 4.74. The maximum Gasteiger partial charge on any atom is 0.132 e. The van der Waals surface area contributed by atoms with E-state index in [0.29, 0.717) is 5.78 Å². The monoisotopic (exact) mass is 394 g/mol. The molecule has 0 aliphatic carbocycles. The third-order valence-corrected chi connectivity index (χ3v) is 7.24. The van der Waals surface area contributed by atoms with Gasteiger partial charge in [-0.1, -0.05) is 106 Å². The van der Waals surface area contributed by atoms with Crippen LogP contribution in [0.1, 0.15) is 144 Å². The van der Waals surface area contributed by atoms with Crippen LogP contribution in [0.3, 0.4) is 0 Å². The first-order valence-corrected chi connectivity index (χ1v) is 13.1. The highest BCUT2D eigenvalue weighted by Crippen LogP contribution is 2.29. The van der Waals surface area contributed by atoms with Gasteiger partial charge in [0.2, 0.25) is 0 Å². The van der Waals surface area contributed by atoms with E-state index in [-0.39, 0.29) is 0 Å². The zero-order chi connectivity index (χ0) is 21.2. The Labute approximate surface area is 178 Å². The Morgan fingerprint density at radius 2 is 0.857 bits per heavy atom. The summed E-state index contributed by atoms with van der Waals surface area (Å²) in [5, 5.41) is 0. The molecule has 1 nitrogen and oxygen atoms in total. The molecule has 0 aromatic rings. The molecular weight excluding hydrogens is 340 g/mol. The Kier molecular flexibility index (Phi) is 18.5. The highest BCUT2D eigenvalue weighted by molar-refractivity contribution is 5.78. The van der Waals surface area contributed by atoms with Gasteiger partial charge in [-0.2, -0.15) is 0 Å². The SMILES string of the molecule is CCCCC(CC)CC(CC)CCC(=O)CCC(CC)CC(CC)CCCC. The molecule has 0 radical (unpaired) electrons. The largest absolute Gasteiger partial charge is 0.300 e. The summed E-state index contributed by atoms with van der Waals surface area (Å²) in [5.74, 6) is 3.79. The van der Waals surface area contributed by atoms with Gasteiger partial charge < -0.3 is 0 Å². The minimum Gasteiger partial charge on any atom is -0.300 e. The first-order chi connectivity index (χ1) is 13.5. The summed E-state index contributed by atoms with van der Waals surface area (Å²) in [6.07, 6.45) is 19.8. The Hall–Kier alpha value is -0.330. The molecule has 0 rings (SSSR count). The quantitative estimate of drug-likeness (QED) is 0.201. The maximum atomic E-state index is 12.5. The van der Waals surface area contributed by atoms with Crippen molar-refractivity contribution in [3.8, 4) is 0 Å². The minimum atomic E-state index is 0.528. The molecule has 0 fully saturated rings. The van der Waals surface area contributed by atoms with Crippen molar-refractivity contribution in [2.24, 2.45) is 23.7 Å². The Morgan fingerprint density at radius 3 is 1.14 bits per heavy atom. The molecule has 0 aliphatic rings. The van der Waals surface area contributed by atoms with E-state index >= 15 is 0 Å². The molecule has 0 amide bonds. The van der Waals surface area contributed by atoms with Gasteiger partial charge in [-0.15, -0.1) is 0 Å². The zero-order valence-corrected chi connectivity index (χ0v) is 20.5. The van der Waals surface area contributed by atoms with Gasteiger partial charge in [-0.05, 0) is 49.4 Å². The van der Waals surface area contributed by atoms with Gasteiger partial charge in [0.15, 0.2) is 0 Å². The van der Waals surface area contributed by atoms with Gasteiger partial charge in [0.25, 0.3) is 0 Å². The van der Waals surface area contributed by atoms with Gasteiger partial charge in [-0.3, -0.25) is 4.79 Å². The lowest BCUT2D eigenvalue weighted by atomic mass is 9.83. The van der Waals surface area contributed by atoms with Crippen molar-refractivity contribution in [3.63, 3.8) is 0 Å². The van der Waals surface area contributed by atoms with Gasteiger partial charge in [-0.25, -0.2) is 0 Å². The lowest BCUT2D eigenvalue weighted by Gasteiger charge is -2.22. The molecule has 1 heteroatoms. The molecule has 0 saturated heterocycles. The van der Waals surface area contributed by atoms with Gasteiger partial charge in [0.05, 0.1) is 0 Å². The number of unbranched alkanes of at least 4 members (excludes halogenated alkanes) is 2. The number of rotatable bonds is 20. The Bertz CT molecular complexity index is 316. The standard InChI is InChI=1S/C27H54O/c1-7-13-15-23(9-3)21-25(11-5)17-19-27(28)20-18-26(12-6)22-24(10-4)16-14-8-2/h23-26H,7-22H2,1-6H3. The van der Waals surface area contributed by atoms with Crippen LogP contribution in [0.2, 0.25) is 0 Å². The summed E-state index contributed by atoms with van der Waals surface area (Å²) in [6.45, 7) is 13.9. The predicted molar refractivity (Wildman–Crippen MR) is 127 cm³/mol. The van der Waals surface area contributed by atoms with Crippen molar-refractivity contribution >= 4 is 5.78 Å². The third-order valence-electron chi connectivity index (χ3n) is 7.24. The van der Waals surface area contributed by atoms with Gasteiger partial charge >= 0.3 is 0 Å². The first kappa shape index (κ1) is 27.7. The van der Waals surface area contributed by atoms with Gasteiger partial charge in [0, 0.05) is 12.8 Å². The third kappa shape index (κ3) is 13.8. The topological polar surface area (TPSA) is 17.1 Å². The number of carbonyl (C=O) groups is 1. The van der Waals surface area contributed by atoms with Crippen LogP contribution in [0.25, 0.3) is 0 Å². The number of hydrogen-bond donors (Lipinski definition) is 0.